The summed E-state index contributed by atoms with van der Waals surface area (Å²) in [6.07, 6.45) is -0.446. The van der Waals surface area contributed by atoms with Crippen LogP contribution in [0, 0.1) is 17.2 Å². The molecule has 34 heavy (non-hydrogen) atoms. The van der Waals surface area contributed by atoms with Crippen LogP contribution in [0.1, 0.15) is 28.9 Å². The van der Waals surface area contributed by atoms with Gasteiger partial charge in [0.15, 0.2) is 11.5 Å². The van der Waals surface area contributed by atoms with Gasteiger partial charge < -0.3 is 9.64 Å². The zero-order valence-electron chi connectivity index (χ0n) is 17.5. The molecule has 174 valence electrons. The first-order valence-electron chi connectivity index (χ1n) is 10.7. The monoisotopic (exact) mass is 471 g/mol. The quantitative estimate of drug-likeness (QED) is 0.539. The van der Waals surface area contributed by atoms with E-state index in [2.05, 4.69) is 20.2 Å². The predicted molar refractivity (Wildman–Crippen MR) is 109 cm³/mol. The van der Waals surface area contributed by atoms with Crippen LogP contribution in [0.15, 0.2) is 48.8 Å². The Bertz CT molecular complexity index is 1270. The summed E-state index contributed by atoms with van der Waals surface area (Å²) in [5, 5.41) is 6.74. The van der Waals surface area contributed by atoms with Crippen molar-refractivity contribution < 1.29 is 27.1 Å². The average Bonchev–Trinajstić information content (AvgIpc) is 3.47. The summed E-state index contributed by atoms with van der Waals surface area (Å²) >= 11 is 0. The fourth-order valence-electron chi connectivity index (χ4n) is 5.45. The average molecular weight is 471 g/mol. The van der Waals surface area contributed by atoms with Crippen molar-refractivity contribution in [3.05, 3.63) is 65.9 Å². The molecule has 2 aromatic heterocycles. The molecule has 1 aromatic carbocycles. The molecule has 3 aliphatic rings. The van der Waals surface area contributed by atoms with Crippen LogP contribution < -0.4 is 4.74 Å². The molecule has 0 radical (unpaired) electrons. The van der Waals surface area contributed by atoms with Gasteiger partial charge in [-0.1, -0.05) is 6.07 Å². The number of carbonyl (C=O) groups excluding carboxylic acids is 1. The second-order valence-corrected chi connectivity index (χ2v) is 8.89. The number of benzene rings is 1. The number of likely N-dealkylation sites (tertiary alicyclic amines) is 1. The molecule has 4 unspecified atom stereocenters. The summed E-state index contributed by atoms with van der Waals surface area (Å²) in [4.78, 5) is 23.5. The van der Waals surface area contributed by atoms with E-state index < -0.39 is 23.8 Å². The van der Waals surface area contributed by atoms with Gasteiger partial charge in [0.1, 0.15) is 11.9 Å². The van der Waals surface area contributed by atoms with Crippen LogP contribution in [0.3, 0.4) is 0 Å². The van der Waals surface area contributed by atoms with Crippen LogP contribution in [0.4, 0.5) is 17.6 Å². The molecular weight excluding hydrogens is 454 g/mol. The highest BCUT2D eigenvalue weighted by atomic mass is 19.4. The fourth-order valence-corrected chi connectivity index (χ4v) is 5.45. The molecule has 3 aromatic rings. The topological polar surface area (TPSA) is 81.1 Å². The van der Waals surface area contributed by atoms with Gasteiger partial charge in [-0.25, -0.2) is 14.4 Å². The van der Waals surface area contributed by atoms with Crippen molar-refractivity contribution in [2.24, 2.45) is 11.3 Å². The first-order valence-corrected chi connectivity index (χ1v) is 10.7. The molecular formula is C23H17F4N5O2. The van der Waals surface area contributed by atoms with Gasteiger partial charge in [0.25, 0.3) is 5.91 Å². The van der Waals surface area contributed by atoms with Crippen molar-refractivity contribution in [1.82, 2.24) is 25.1 Å². The normalized spacial score (nSPS) is 26.9. The zero-order valence-corrected chi connectivity index (χ0v) is 17.5. The minimum atomic E-state index is -4.59. The minimum absolute atomic E-state index is 0.0338. The van der Waals surface area contributed by atoms with Crippen molar-refractivity contribution in [2.75, 3.05) is 6.54 Å². The van der Waals surface area contributed by atoms with E-state index in [9.17, 15) is 22.4 Å². The fraction of sp³-hybridized carbons (Fsp3) is 0.348. The summed E-state index contributed by atoms with van der Waals surface area (Å²) in [5.74, 6) is -0.550. The molecule has 1 saturated heterocycles. The third kappa shape index (κ3) is 3.13. The number of amides is 1. The number of hydrogen-bond acceptors (Lipinski definition) is 6. The van der Waals surface area contributed by atoms with E-state index in [1.54, 1.807) is 17.0 Å². The maximum atomic E-state index is 14.8. The number of hydrogen-bond donors (Lipinski definition) is 0. The summed E-state index contributed by atoms with van der Waals surface area (Å²) < 4.78 is 58.9. The first-order chi connectivity index (χ1) is 16.3. The van der Waals surface area contributed by atoms with Gasteiger partial charge in [0.05, 0.1) is 17.2 Å². The van der Waals surface area contributed by atoms with Crippen molar-refractivity contribution in [3.63, 3.8) is 0 Å². The zero-order chi connectivity index (χ0) is 23.7. The third-order valence-electron chi connectivity index (χ3n) is 7.05. The van der Waals surface area contributed by atoms with E-state index in [1.807, 2.05) is 0 Å². The Morgan fingerprint density at radius 2 is 1.85 bits per heavy atom. The molecule has 3 heterocycles. The maximum Gasteiger partial charge on any atom is 0.435 e. The second kappa shape index (κ2) is 7.18. The standard InChI is InChI=1S/C23H17F4N5O2/c24-14-4-1-3-13(18(14)20-28-7-2-8-29-20)21(33)32-11-12-9-22(12)10-15(19(22)32)34-17-6-5-16(30-31-17)23(25,26)27/h1-8,12,15,19H,9-11H2. The SMILES string of the molecule is O=C(c1cccc(F)c1-c1ncccn1)N1CC2CC23CC(Oc2ccc(C(F)(F)F)nn2)C13. The highest BCUT2D eigenvalue weighted by molar-refractivity contribution is 6.01. The first kappa shape index (κ1) is 20.9. The predicted octanol–water partition coefficient (Wildman–Crippen LogP) is 3.77. The van der Waals surface area contributed by atoms with Gasteiger partial charge in [0.2, 0.25) is 5.88 Å². The van der Waals surface area contributed by atoms with E-state index in [0.717, 1.165) is 18.6 Å². The van der Waals surface area contributed by atoms with Gasteiger partial charge >= 0.3 is 6.18 Å². The van der Waals surface area contributed by atoms with Crippen molar-refractivity contribution in [2.45, 2.75) is 31.2 Å². The lowest BCUT2D eigenvalue weighted by Crippen LogP contribution is -2.59. The molecule has 7 nitrogen and oxygen atoms in total. The molecule has 3 fully saturated rings. The molecule has 0 N–H and O–H groups in total. The number of aromatic nitrogens is 4. The van der Waals surface area contributed by atoms with Gasteiger partial charge in [0, 0.05) is 30.4 Å². The number of alkyl halides is 3. The molecule has 2 aliphatic carbocycles. The highest BCUT2D eigenvalue weighted by Gasteiger charge is 2.76. The van der Waals surface area contributed by atoms with Gasteiger partial charge in [-0.3, -0.25) is 4.79 Å². The third-order valence-corrected chi connectivity index (χ3v) is 7.05. The smallest absolute Gasteiger partial charge is 0.435 e. The van der Waals surface area contributed by atoms with Crippen molar-refractivity contribution in [3.8, 4) is 17.3 Å². The number of rotatable bonds is 4. The molecule has 4 atom stereocenters. The van der Waals surface area contributed by atoms with Gasteiger partial charge in [-0.2, -0.15) is 13.2 Å². The highest BCUT2D eigenvalue weighted by Crippen LogP contribution is 2.71. The number of carbonyl (C=O) groups is 1. The Kier molecular flexibility index (Phi) is 4.42. The van der Waals surface area contributed by atoms with Crippen LogP contribution in [0.25, 0.3) is 11.4 Å². The summed E-state index contributed by atoms with van der Waals surface area (Å²) in [5.41, 5.74) is -0.974. The lowest BCUT2D eigenvalue weighted by atomic mass is 9.73. The molecule has 11 heteroatoms. The van der Waals surface area contributed by atoms with Gasteiger partial charge in [-0.15, -0.1) is 10.2 Å². The van der Waals surface area contributed by atoms with E-state index in [-0.39, 0.29) is 40.2 Å². The Morgan fingerprint density at radius 1 is 1.06 bits per heavy atom. The molecule has 2 saturated carbocycles. The van der Waals surface area contributed by atoms with Gasteiger partial charge in [-0.05, 0) is 43.0 Å². The van der Waals surface area contributed by atoms with Crippen molar-refractivity contribution >= 4 is 5.91 Å². The molecule has 0 bridgehead atoms. The Hall–Kier alpha value is -3.63. The number of ether oxygens (including phenoxy) is 1. The lowest BCUT2D eigenvalue weighted by Gasteiger charge is -2.46. The molecule has 1 spiro atoms. The van der Waals surface area contributed by atoms with Crippen molar-refractivity contribution in [1.29, 1.82) is 0 Å². The molecule has 1 amide bonds. The Labute approximate surface area is 190 Å². The van der Waals surface area contributed by atoms with Crippen LogP contribution in [-0.2, 0) is 6.18 Å². The minimum Gasteiger partial charge on any atom is -0.471 e. The number of halogens is 4. The Morgan fingerprint density at radius 3 is 2.56 bits per heavy atom. The van der Waals surface area contributed by atoms with Crippen LogP contribution in [-0.4, -0.2) is 49.7 Å². The maximum absolute atomic E-state index is 14.8. The van der Waals surface area contributed by atoms with Crippen LogP contribution in [0.2, 0.25) is 0 Å². The number of nitrogens with zero attached hydrogens (tertiary/aromatic N) is 5. The largest absolute Gasteiger partial charge is 0.471 e. The van der Waals surface area contributed by atoms with E-state index >= 15 is 0 Å². The number of piperidine rings is 1. The Balaban J connectivity index is 1.27. The van der Waals surface area contributed by atoms with E-state index in [1.165, 1.54) is 24.5 Å². The summed E-state index contributed by atoms with van der Waals surface area (Å²) in [6.45, 7) is 0.508. The van der Waals surface area contributed by atoms with E-state index in [4.69, 9.17) is 4.74 Å². The summed E-state index contributed by atoms with van der Waals surface area (Å²) in [7, 11) is 0. The lowest BCUT2D eigenvalue weighted by molar-refractivity contribution is -0.141. The second-order valence-electron chi connectivity index (χ2n) is 8.89. The summed E-state index contributed by atoms with van der Waals surface area (Å²) in [6, 6.07) is 7.53. The molecule has 6 rings (SSSR count). The molecule has 1 aliphatic heterocycles. The van der Waals surface area contributed by atoms with Crippen LogP contribution in [0.5, 0.6) is 5.88 Å². The van der Waals surface area contributed by atoms with E-state index in [0.29, 0.717) is 18.9 Å². The van der Waals surface area contributed by atoms with Crippen LogP contribution >= 0.6 is 0 Å².